The van der Waals surface area contributed by atoms with E-state index in [1.807, 2.05) is 47.4 Å². The highest BCUT2D eigenvalue weighted by atomic mass is 16.6. The fourth-order valence-corrected chi connectivity index (χ4v) is 4.91. The fourth-order valence-electron chi connectivity index (χ4n) is 4.91. The molecule has 0 aliphatic carbocycles. The second-order valence-electron chi connectivity index (χ2n) is 8.77. The zero-order valence-electron chi connectivity index (χ0n) is 18.9. The van der Waals surface area contributed by atoms with Gasteiger partial charge in [0.05, 0.1) is 4.92 Å². The van der Waals surface area contributed by atoms with Crippen molar-refractivity contribution in [2.24, 2.45) is 0 Å². The first-order chi connectivity index (χ1) is 16.5. The van der Waals surface area contributed by atoms with Crippen LogP contribution >= 0.6 is 0 Å². The van der Waals surface area contributed by atoms with Crippen LogP contribution in [-0.2, 0) is 0 Å². The van der Waals surface area contributed by atoms with E-state index in [0.717, 1.165) is 36.7 Å². The number of carbonyl (C=O) groups excluding carboxylic acids is 2. The van der Waals surface area contributed by atoms with Gasteiger partial charge in [-0.15, -0.1) is 0 Å². The predicted molar refractivity (Wildman–Crippen MR) is 130 cm³/mol. The Kier molecular flexibility index (Phi) is 5.88. The van der Waals surface area contributed by atoms with E-state index in [9.17, 15) is 19.7 Å². The minimum Gasteiger partial charge on any atom is -0.366 e. The molecule has 5 rings (SSSR count). The molecule has 8 nitrogen and oxygen atoms in total. The van der Waals surface area contributed by atoms with Gasteiger partial charge in [-0.3, -0.25) is 19.7 Å². The number of fused-ring (bicyclic) bond motifs is 1. The van der Waals surface area contributed by atoms with Crippen LogP contribution in [0.1, 0.15) is 33.6 Å². The molecule has 2 amide bonds. The van der Waals surface area contributed by atoms with Crippen molar-refractivity contribution >= 4 is 34.0 Å². The molecule has 0 saturated carbocycles. The number of rotatable bonds is 4. The maximum Gasteiger partial charge on any atom is 0.293 e. The predicted octanol–water partition coefficient (Wildman–Crippen LogP) is 3.95. The molecule has 0 bridgehead atoms. The normalized spacial score (nSPS) is 16.2. The number of nitrogens with zero attached hydrogens (tertiary/aromatic N) is 4. The van der Waals surface area contributed by atoms with E-state index in [1.54, 1.807) is 21.9 Å². The van der Waals surface area contributed by atoms with Crippen LogP contribution in [0.15, 0.2) is 60.7 Å². The Labute approximate surface area is 197 Å². The van der Waals surface area contributed by atoms with Crippen molar-refractivity contribution in [3.63, 3.8) is 0 Å². The summed E-state index contributed by atoms with van der Waals surface area (Å²) in [6, 6.07) is 18.3. The van der Waals surface area contributed by atoms with E-state index in [1.165, 1.54) is 6.07 Å². The van der Waals surface area contributed by atoms with Crippen LogP contribution in [0.25, 0.3) is 10.8 Å². The molecule has 0 radical (unpaired) electrons. The largest absolute Gasteiger partial charge is 0.366 e. The molecule has 0 aromatic heterocycles. The van der Waals surface area contributed by atoms with Gasteiger partial charge >= 0.3 is 0 Å². The Morgan fingerprint density at radius 2 is 1.41 bits per heavy atom. The van der Waals surface area contributed by atoms with Crippen molar-refractivity contribution < 1.29 is 14.5 Å². The summed E-state index contributed by atoms with van der Waals surface area (Å²) in [4.78, 5) is 43.0. The Bertz CT molecular complexity index is 1260. The molecular formula is C26H26N4O4. The van der Waals surface area contributed by atoms with Crippen LogP contribution in [0.4, 0.5) is 11.4 Å². The highest BCUT2D eigenvalue weighted by molar-refractivity contribution is 6.07. The summed E-state index contributed by atoms with van der Waals surface area (Å²) in [7, 11) is 0. The van der Waals surface area contributed by atoms with Crippen LogP contribution in [-0.4, -0.2) is 65.8 Å². The molecule has 2 fully saturated rings. The number of benzene rings is 3. The van der Waals surface area contributed by atoms with E-state index < -0.39 is 4.92 Å². The molecule has 2 aliphatic rings. The molecule has 2 aliphatic heterocycles. The minimum absolute atomic E-state index is 0.0301. The number of nitro groups is 1. The lowest BCUT2D eigenvalue weighted by molar-refractivity contribution is -0.384. The monoisotopic (exact) mass is 458 g/mol. The Morgan fingerprint density at radius 1 is 0.765 bits per heavy atom. The van der Waals surface area contributed by atoms with Gasteiger partial charge < -0.3 is 14.7 Å². The number of carbonyl (C=O) groups is 2. The minimum atomic E-state index is -0.411. The molecule has 0 atom stereocenters. The molecule has 8 heteroatoms. The van der Waals surface area contributed by atoms with Gasteiger partial charge in [0.25, 0.3) is 17.5 Å². The molecule has 3 aromatic carbocycles. The lowest BCUT2D eigenvalue weighted by Crippen LogP contribution is -2.50. The smallest absolute Gasteiger partial charge is 0.293 e. The van der Waals surface area contributed by atoms with Crippen LogP contribution in [0, 0.1) is 10.1 Å². The third kappa shape index (κ3) is 4.07. The summed E-state index contributed by atoms with van der Waals surface area (Å²) in [6.45, 7) is 3.19. The Morgan fingerprint density at radius 3 is 2.12 bits per heavy atom. The van der Waals surface area contributed by atoms with Gasteiger partial charge in [0, 0.05) is 56.5 Å². The highest BCUT2D eigenvalue weighted by Gasteiger charge is 2.29. The number of hydrogen-bond acceptors (Lipinski definition) is 5. The number of piperazine rings is 1. The molecule has 34 heavy (non-hydrogen) atoms. The average molecular weight is 459 g/mol. The van der Waals surface area contributed by atoms with Gasteiger partial charge in [-0.05, 0) is 41.8 Å². The van der Waals surface area contributed by atoms with Gasteiger partial charge in [0.1, 0.15) is 5.69 Å². The summed E-state index contributed by atoms with van der Waals surface area (Å²) in [5.41, 5.74) is 1.51. The Balaban J connectivity index is 1.29. The third-order valence-electron chi connectivity index (χ3n) is 6.74. The van der Waals surface area contributed by atoms with Crippen molar-refractivity contribution in [1.29, 1.82) is 0 Å². The van der Waals surface area contributed by atoms with Crippen molar-refractivity contribution in [3.05, 3.63) is 81.9 Å². The van der Waals surface area contributed by atoms with E-state index in [4.69, 9.17) is 0 Å². The first-order valence-corrected chi connectivity index (χ1v) is 11.6. The summed E-state index contributed by atoms with van der Waals surface area (Å²) in [5.74, 6) is -0.289. The summed E-state index contributed by atoms with van der Waals surface area (Å²) >= 11 is 0. The van der Waals surface area contributed by atoms with Crippen LogP contribution in [0.3, 0.4) is 0 Å². The van der Waals surface area contributed by atoms with Gasteiger partial charge in [-0.25, -0.2) is 0 Å². The lowest BCUT2D eigenvalue weighted by atomic mass is 10.0. The Hall–Kier alpha value is -3.94. The average Bonchev–Trinajstić information content (AvgIpc) is 3.42. The fraction of sp³-hybridized carbons (Fsp3) is 0.308. The molecular weight excluding hydrogens is 432 g/mol. The second kappa shape index (κ2) is 9.13. The number of anilines is 1. The maximum absolute atomic E-state index is 13.2. The summed E-state index contributed by atoms with van der Waals surface area (Å²) < 4.78 is 0. The first-order valence-electron chi connectivity index (χ1n) is 11.6. The van der Waals surface area contributed by atoms with E-state index >= 15 is 0 Å². The number of amides is 2. The molecule has 3 aromatic rings. The van der Waals surface area contributed by atoms with Crippen molar-refractivity contribution in [1.82, 2.24) is 9.80 Å². The van der Waals surface area contributed by atoms with Crippen LogP contribution in [0.2, 0.25) is 0 Å². The van der Waals surface area contributed by atoms with Crippen molar-refractivity contribution in [3.8, 4) is 0 Å². The molecule has 0 unspecified atom stereocenters. The van der Waals surface area contributed by atoms with Gasteiger partial charge in [-0.2, -0.15) is 0 Å². The van der Waals surface area contributed by atoms with Crippen molar-refractivity contribution in [2.75, 3.05) is 44.2 Å². The second-order valence-corrected chi connectivity index (χ2v) is 8.77. The quantitative estimate of drug-likeness (QED) is 0.437. The van der Waals surface area contributed by atoms with Crippen LogP contribution < -0.4 is 4.90 Å². The highest BCUT2D eigenvalue weighted by Crippen LogP contribution is 2.32. The summed E-state index contributed by atoms with van der Waals surface area (Å²) in [5, 5.41) is 13.6. The van der Waals surface area contributed by atoms with E-state index in [-0.39, 0.29) is 17.5 Å². The third-order valence-corrected chi connectivity index (χ3v) is 6.74. The topological polar surface area (TPSA) is 87.0 Å². The number of hydrogen-bond donors (Lipinski definition) is 0. The molecule has 0 spiro atoms. The van der Waals surface area contributed by atoms with Crippen LogP contribution in [0.5, 0.6) is 0 Å². The lowest BCUT2D eigenvalue weighted by Gasteiger charge is -2.35. The van der Waals surface area contributed by atoms with Gasteiger partial charge in [0.15, 0.2) is 0 Å². The number of nitro benzene ring substituents is 1. The van der Waals surface area contributed by atoms with E-state index in [0.29, 0.717) is 43.0 Å². The molecule has 0 N–H and O–H groups in total. The molecule has 174 valence electrons. The maximum atomic E-state index is 13.2. The van der Waals surface area contributed by atoms with E-state index in [2.05, 4.69) is 0 Å². The first kappa shape index (κ1) is 21.9. The molecule has 2 heterocycles. The standard InChI is InChI=1S/C26H26N4O4/c31-25(20-10-11-23(24(18-20)30(33)34)27-12-3-4-13-27)28-14-16-29(17-15-28)26(32)22-9-5-7-19-6-1-2-8-21(19)22/h1-2,5-11,18H,3-4,12-17H2. The molecule has 2 saturated heterocycles. The zero-order valence-corrected chi connectivity index (χ0v) is 18.9. The van der Waals surface area contributed by atoms with Gasteiger partial charge in [-0.1, -0.05) is 36.4 Å². The summed E-state index contributed by atoms with van der Waals surface area (Å²) in [6.07, 6.45) is 2.03. The van der Waals surface area contributed by atoms with Gasteiger partial charge in [0.2, 0.25) is 0 Å². The van der Waals surface area contributed by atoms with Crippen molar-refractivity contribution in [2.45, 2.75) is 12.8 Å². The zero-order chi connectivity index (χ0) is 23.7. The SMILES string of the molecule is O=C(c1ccc(N2CCCC2)c([N+](=O)[O-])c1)N1CCN(C(=O)c2cccc3ccccc23)CC1.